The highest BCUT2D eigenvalue weighted by molar-refractivity contribution is 5.94. The zero-order valence-corrected chi connectivity index (χ0v) is 13.7. The number of carbonyl (C=O) groups is 2. The van der Waals surface area contributed by atoms with Crippen molar-refractivity contribution in [2.75, 3.05) is 13.2 Å². The highest BCUT2D eigenvalue weighted by Crippen LogP contribution is 2.26. The van der Waals surface area contributed by atoms with E-state index in [1.807, 2.05) is 31.2 Å². The van der Waals surface area contributed by atoms with Crippen molar-refractivity contribution in [3.8, 4) is 11.5 Å². The van der Waals surface area contributed by atoms with Gasteiger partial charge in [-0.05, 0) is 37.6 Å². The van der Waals surface area contributed by atoms with Crippen molar-refractivity contribution in [3.63, 3.8) is 0 Å². The third-order valence-electron chi connectivity index (χ3n) is 3.25. The summed E-state index contributed by atoms with van der Waals surface area (Å²) >= 11 is 0. The SMILES string of the molecule is CCOc1ccccc1OC(=O)CCCNC(=O)c1ccccc1. The van der Waals surface area contributed by atoms with Crippen LogP contribution in [0.3, 0.4) is 0 Å². The predicted molar refractivity (Wildman–Crippen MR) is 91.3 cm³/mol. The number of amides is 1. The van der Waals surface area contributed by atoms with Gasteiger partial charge in [0.15, 0.2) is 11.5 Å². The van der Waals surface area contributed by atoms with E-state index in [4.69, 9.17) is 9.47 Å². The fourth-order valence-electron chi connectivity index (χ4n) is 2.11. The largest absolute Gasteiger partial charge is 0.490 e. The molecule has 5 heteroatoms. The highest BCUT2D eigenvalue weighted by atomic mass is 16.6. The zero-order valence-electron chi connectivity index (χ0n) is 13.7. The molecule has 0 saturated heterocycles. The van der Waals surface area contributed by atoms with E-state index in [1.165, 1.54) is 0 Å². The lowest BCUT2D eigenvalue weighted by molar-refractivity contribution is -0.134. The van der Waals surface area contributed by atoms with E-state index < -0.39 is 0 Å². The Kier molecular flexibility index (Phi) is 6.83. The van der Waals surface area contributed by atoms with Crippen molar-refractivity contribution in [1.82, 2.24) is 5.32 Å². The monoisotopic (exact) mass is 327 g/mol. The van der Waals surface area contributed by atoms with Crippen molar-refractivity contribution in [2.45, 2.75) is 19.8 Å². The van der Waals surface area contributed by atoms with Gasteiger partial charge in [-0.1, -0.05) is 30.3 Å². The average Bonchev–Trinajstić information content (AvgIpc) is 2.61. The number of esters is 1. The van der Waals surface area contributed by atoms with Crippen LogP contribution in [0.1, 0.15) is 30.1 Å². The van der Waals surface area contributed by atoms with E-state index >= 15 is 0 Å². The molecular formula is C19H21NO4. The number of benzene rings is 2. The van der Waals surface area contributed by atoms with Gasteiger partial charge >= 0.3 is 5.97 Å². The van der Waals surface area contributed by atoms with Crippen molar-refractivity contribution in [2.24, 2.45) is 0 Å². The molecule has 0 spiro atoms. The van der Waals surface area contributed by atoms with Gasteiger partial charge in [0.25, 0.3) is 5.91 Å². The van der Waals surface area contributed by atoms with Crippen LogP contribution < -0.4 is 14.8 Å². The standard InChI is InChI=1S/C19H21NO4/c1-2-23-16-11-6-7-12-17(16)24-18(21)13-8-14-20-19(22)15-9-4-3-5-10-15/h3-7,9-12H,2,8,13-14H2,1H3,(H,20,22). The van der Waals surface area contributed by atoms with E-state index in [1.54, 1.807) is 30.3 Å². The molecule has 1 N–H and O–H groups in total. The van der Waals surface area contributed by atoms with Gasteiger partial charge in [-0.25, -0.2) is 0 Å². The van der Waals surface area contributed by atoms with Crippen LogP contribution >= 0.6 is 0 Å². The first-order valence-corrected chi connectivity index (χ1v) is 7.96. The fourth-order valence-corrected chi connectivity index (χ4v) is 2.11. The Morgan fingerprint density at radius 1 is 0.958 bits per heavy atom. The third kappa shape index (κ3) is 5.43. The minimum absolute atomic E-state index is 0.148. The molecule has 0 atom stereocenters. The van der Waals surface area contributed by atoms with Crippen molar-refractivity contribution in [1.29, 1.82) is 0 Å². The Morgan fingerprint density at radius 2 is 1.62 bits per heavy atom. The molecule has 2 aromatic carbocycles. The summed E-state index contributed by atoms with van der Waals surface area (Å²) in [6, 6.07) is 16.0. The van der Waals surface area contributed by atoms with Gasteiger partial charge in [-0.3, -0.25) is 9.59 Å². The molecule has 0 aliphatic rings. The summed E-state index contributed by atoms with van der Waals surface area (Å²) in [5, 5.41) is 2.78. The summed E-state index contributed by atoms with van der Waals surface area (Å²) in [6.07, 6.45) is 0.726. The lowest BCUT2D eigenvalue weighted by atomic mass is 10.2. The van der Waals surface area contributed by atoms with E-state index in [2.05, 4.69) is 5.32 Å². The molecule has 1 amide bonds. The molecule has 126 valence electrons. The van der Waals surface area contributed by atoms with Crippen LogP contribution in [0.2, 0.25) is 0 Å². The maximum Gasteiger partial charge on any atom is 0.311 e. The van der Waals surface area contributed by atoms with Crippen LogP contribution in [0.25, 0.3) is 0 Å². The summed E-state index contributed by atoms with van der Waals surface area (Å²) in [5.74, 6) is 0.463. The average molecular weight is 327 g/mol. The Bertz CT molecular complexity index is 670. The first-order chi connectivity index (χ1) is 11.7. The van der Waals surface area contributed by atoms with Crippen LogP contribution in [0, 0.1) is 0 Å². The molecule has 0 bridgehead atoms. The van der Waals surface area contributed by atoms with E-state index in [-0.39, 0.29) is 18.3 Å². The molecule has 2 aromatic rings. The molecule has 24 heavy (non-hydrogen) atoms. The smallest absolute Gasteiger partial charge is 0.311 e. The molecule has 5 nitrogen and oxygen atoms in total. The molecule has 0 radical (unpaired) electrons. The Hall–Kier alpha value is -2.82. The van der Waals surface area contributed by atoms with Crippen LogP contribution in [0.15, 0.2) is 54.6 Å². The third-order valence-corrected chi connectivity index (χ3v) is 3.25. The van der Waals surface area contributed by atoms with E-state index in [9.17, 15) is 9.59 Å². The van der Waals surface area contributed by atoms with E-state index in [0.29, 0.717) is 36.6 Å². The Morgan fingerprint density at radius 3 is 2.33 bits per heavy atom. The molecular weight excluding hydrogens is 306 g/mol. The summed E-state index contributed by atoms with van der Waals surface area (Å²) < 4.78 is 10.7. The van der Waals surface area contributed by atoms with Crippen molar-refractivity contribution in [3.05, 3.63) is 60.2 Å². The lowest BCUT2D eigenvalue weighted by Crippen LogP contribution is -2.25. The normalized spacial score (nSPS) is 10.0. The molecule has 0 heterocycles. The van der Waals surface area contributed by atoms with Gasteiger partial charge in [0.2, 0.25) is 0 Å². The maximum absolute atomic E-state index is 11.9. The summed E-state index contributed by atoms with van der Waals surface area (Å²) in [5.41, 5.74) is 0.603. The molecule has 0 saturated carbocycles. The van der Waals surface area contributed by atoms with Crippen molar-refractivity contribution < 1.29 is 19.1 Å². The van der Waals surface area contributed by atoms with Gasteiger partial charge in [-0.15, -0.1) is 0 Å². The van der Waals surface area contributed by atoms with E-state index in [0.717, 1.165) is 0 Å². The molecule has 0 fully saturated rings. The van der Waals surface area contributed by atoms with Gasteiger partial charge in [0.05, 0.1) is 6.61 Å². The van der Waals surface area contributed by atoms with Gasteiger partial charge in [0, 0.05) is 18.5 Å². The lowest BCUT2D eigenvalue weighted by Gasteiger charge is -2.10. The van der Waals surface area contributed by atoms with Gasteiger partial charge < -0.3 is 14.8 Å². The molecule has 0 aliphatic carbocycles. The first kappa shape index (κ1) is 17.5. The number of hydrogen-bond acceptors (Lipinski definition) is 4. The molecule has 0 aromatic heterocycles. The first-order valence-electron chi connectivity index (χ1n) is 7.96. The van der Waals surface area contributed by atoms with Gasteiger partial charge in [-0.2, -0.15) is 0 Å². The topological polar surface area (TPSA) is 64.6 Å². The van der Waals surface area contributed by atoms with Crippen LogP contribution in [-0.2, 0) is 4.79 Å². The number of carbonyl (C=O) groups excluding carboxylic acids is 2. The number of ether oxygens (including phenoxy) is 2. The number of hydrogen-bond donors (Lipinski definition) is 1. The Labute approximate surface area is 141 Å². The second-order valence-electron chi connectivity index (χ2n) is 5.08. The predicted octanol–water partition coefficient (Wildman–Crippen LogP) is 3.20. The van der Waals surface area contributed by atoms with Crippen molar-refractivity contribution >= 4 is 11.9 Å². The van der Waals surface area contributed by atoms with Crippen LogP contribution in [-0.4, -0.2) is 25.0 Å². The molecule has 0 unspecified atom stereocenters. The highest BCUT2D eigenvalue weighted by Gasteiger charge is 2.10. The van der Waals surface area contributed by atoms with Crippen LogP contribution in [0.4, 0.5) is 0 Å². The maximum atomic E-state index is 11.9. The summed E-state index contributed by atoms with van der Waals surface area (Å²) in [6.45, 7) is 2.78. The molecule has 2 rings (SSSR count). The van der Waals surface area contributed by atoms with Gasteiger partial charge in [0.1, 0.15) is 0 Å². The fraction of sp³-hybridized carbons (Fsp3) is 0.263. The number of para-hydroxylation sites is 2. The molecule has 0 aliphatic heterocycles. The summed E-state index contributed by atoms with van der Waals surface area (Å²) in [7, 11) is 0. The second-order valence-corrected chi connectivity index (χ2v) is 5.08. The zero-order chi connectivity index (χ0) is 17.2. The number of rotatable bonds is 8. The summed E-state index contributed by atoms with van der Waals surface area (Å²) in [4.78, 5) is 23.7. The second kappa shape index (κ2) is 9.35. The minimum atomic E-state index is -0.351. The minimum Gasteiger partial charge on any atom is -0.490 e. The van der Waals surface area contributed by atoms with Crippen LogP contribution in [0.5, 0.6) is 11.5 Å². The quantitative estimate of drug-likeness (QED) is 0.459. The Balaban J connectivity index is 1.73. The number of nitrogens with one attached hydrogen (secondary N) is 1.